The van der Waals surface area contributed by atoms with Crippen LogP contribution < -0.4 is 25.6 Å². The molecule has 5 aromatic carbocycles. The molecule has 1 aromatic heterocycles. The van der Waals surface area contributed by atoms with Gasteiger partial charge >= 0.3 is 5.51 Å². The number of halogens is 4. The van der Waals surface area contributed by atoms with E-state index in [4.69, 9.17) is 11.6 Å². The van der Waals surface area contributed by atoms with Gasteiger partial charge in [0.2, 0.25) is 23.6 Å². The number of alkyl halides is 3. The van der Waals surface area contributed by atoms with Gasteiger partial charge in [0.05, 0.1) is 38.8 Å². The maximum absolute atomic E-state index is 14.6. The predicted octanol–water partition coefficient (Wildman–Crippen LogP) is 13.2. The van der Waals surface area contributed by atoms with Crippen LogP contribution in [0.4, 0.5) is 24.5 Å². The van der Waals surface area contributed by atoms with E-state index in [1.807, 2.05) is 106 Å². The Hall–Kier alpha value is -7.37. The Bertz CT molecular complexity index is 4440. The number of anilines is 2. The van der Waals surface area contributed by atoms with Gasteiger partial charge in [-0.3, -0.25) is 33.8 Å². The van der Waals surface area contributed by atoms with Crippen molar-refractivity contribution in [3.05, 3.63) is 160 Å². The number of benzene rings is 5. The number of nitrogens with zero attached hydrogens (tertiary/aromatic N) is 6. The monoisotopic (exact) mass is 1580 g/mol. The number of aryl methyl sites for hydroxylation is 1. The number of piperazine rings is 1. The van der Waals surface area contributed by atoms with Crippen LogP contribution in [0.1, 0.15) is 152 Å². The van der Waals surface area contributed by atoms with Crippen LogP contribution in [-0.2, 0) is 39.0 Å². The van der Waals surface area contributed by atoms with Gasteiger partial charge in [-0.2, -0.15) is 13.2 Å². The van der Waals surface area contributed by atoms with Gasteiger partial charge in [0.15, 0.2) is 0 Å². The number of rotatable bonds is 28. The number of aliphatic hydroxyl groups excluding tert-OH is 1. The average molecular weight is 1580 g/mol. The van der Waals surface area contributed by atoms with Crippen LogP contribution in [-0.4, -0.2) is 184 Å². The van der Waals surface area contributed by atoms with Crippen molar-refractivity contribution >= 4 is 101 Å². The number of piperidine rings is 1. The van der Waals surface area contributed by atoms with Crippen molar-refractivity contribution < 1.29 is 59.1 Å². The number of carbonyl (C=O) groups is 5. The highest BCUT2D eigenvalue weighted by molar-refractivity contribution is 7.99. The van der Waals surface area contributed by atoms with Gasteiger partial charge in [-0.05, 0) is 178 Å². The van der Waals surface area contributed by atoms with E-state index < -0.39 is 94.3 Å². The molecule has 582 valence electrons. The molecule has 28 heteroatoms. The number of unbranched alkanes of at least 4 members (excludes halogenated alkanes) is 2. The maximum Gasteiger partial charge on any atom is 0.501 e. The number of thioether (sulfide) groups is 1. The molecule has 11 rings (SSSR count). The van der Waals surface area contributed by atoms with Crippen LogP contribution in [0.25, 0.3) is 16.0 Å². The number of β-amino-alcohol motifs (C(OH)–C–C–N with tert-alkyl or cyclic N) is 1. The highest BCUT2D eigenvalue weighted by Gasteiger charge is 2.50. The summed E-state index contributed by atoms with van der Waals surface area (Å²) in [5, 5.41) is 20.4. The Kier molecular flexibility index (Phi) is 26.1. The highest BCUT2D eigenvalue weighted by Crippen LogP contribution is 2.46. The zero-order valence-electron chi connectivity index (χ0n) is 62.4. The van der Waals surface area contributed by atoms with E-state index in [0.717, 1.165) is 114 Å². The molecule has 0 bridgehead atoms. The predicted molar refractivity (Wildman–Crippen MR) is 419 cm³/mol. The molecule has 4 fully saturated rings. The maximum atomic E-state index is 14.6. The first-order chi connectivity index (χ1) is 51.1. The summed E-state index contributed by atoms with van der Waals surface area (Å²) in [6.07, 6.45) is 6.56. The Labute approximate surface area is 646 Å². The topological polar surface area (TPSA) is 251 Å². The van der Waals surface area contributed by atoms with E-state index >= 15 is 0 Å². The summed E-state index contributed by atoms with van der Waals surface area (Å²) in [5.41, 5.74) is 2.94. The van der Waals surface area contributed by atoms with Crippen molar-refractivity contribution in [2.45, 2.75) is 176 Å². The van der Waals surface area contributed by atoms with E-state index in [-0.39, 0.29) is 59.8 Å². The number of sulfone groups is 1. The molecule has 108 heavy (non-hydrogen) atoms. The Morgan fingerprint density at radius 2 is 1.45 bits per heavy atom. The molecular formula is C80H100ClF3N10O10S4. The van der Waals surface area contributed by atoms with Crippen LogP contribution in [0.5, 0.6) is 0 Å². The van der Waals surface area contributed by atoms with E-state index in [0.29, 0.717) is 64.5 Å². The molecule has 4 aliphatic heterocycles. The normalized spacial score (nSPS) is 19.5. The lowest BCUT2D eigenvalue weighted by Crippen LogP contribution is -2.60. The van der Waals surface area contributed by atoms with Crippen molar-refractivity contribution in [2.24, 2.45) is 16.2 Å². The number of aliphatic hydroxyl groups is 1. The number of sulfonamides is 1. The SMILES string of the molecule is Cc1ncsc1-c1ccc([C@H](C)NC(=O)C2C[C@@H](O)CN2C(=O)[C@@H](NC(=O)CCCCCC(=O)N2CCN(CC[C@H](CSc3ccccc3)Nc3ccc(S(=O)(=O)NC(=O)c4ccc(N5CC6(CCN(CC7=C(c8ccc(Cl)cc8)CCC(C)(C)C7)CC6)C5)cc4)cc3S(=O)(=O)C(F)(F)F)CC2)C(C)(C)C)cc1. The third kappa shape index (κ3) is 20.4. The fourth-order valence-corrected chi connectivity index (χ4v) is 19.3. The number of carbonyl (C=O) groups excluding carboxylic acids is 5. The zero-order chi connectivity index (χ0) is 77.5. The van der Waals surface area contributed by atoms with Crippen LogP contribution in [0.2, 0.25) is 5.02 Å². The molecule has 5 heterocycles. The number of hydrogen-bond donors (Lipinski definition) is 5. The van der Waals surface area contributed by atoms with E-state index in [1.54, 1.807) is 33.9 Å². The minimum absolute atomic E-state index is 0.0269. The van der Waals surface area contributed by atoms with Gasteiger partial charge < -0.3 is 35.8 Å². The summed E-state index contributed by atoms with van der Waals surface area (Å²) >= 11 is 9.19. The third-order valence-electron chi connectivity index (χ3n) is 21.8. The summed E-state index contributed by atoms with van der Waals surface area (Å²) in [6, 6.07) is 31.0. The van der Waals surface area contributed by atoms with Crippen LogP contribution >= 0.6 is 34.7 Å². The number of aromatic nitrogens is 1. The highest BCUT2D eigenvalue weighted by atomic mass is 35.5. The lowest BCUT2D eigenvalue weighted by Gasteiger charge is -2.55. The summed E-state index contributed by atoms with van der Waals surface area (Å²) in [5.74, 6) is -2.08. The summed E-state index contributed by atoms with van der Waals surface area (Å²) in [7, 11) is -11.1. The molecule has 4 saturated heterocycles. The number of allylic oxidation sites excluding steroid dienone is 1. The lowest BCUT2D eigenvalue weighted by atomic mass is 9.70. The van der Waals surface area contributed by atoms with Gasteiger partial charge in [0.25, 0.3) is 25.8 Å². The van der Waals surface area contributed by atoms with Crippen LogP contribution in [0.3, 0.4) is 0 Å². The number of hydrogen-bond acceptors (Lipinski definition) is 17. The van der Waals surface area contributed by atoms with Crippen molar-refractivity contribution in [3.63, 3.8) is 0 Å². The van der Waals surface area contributed by atoms with Gasteiger partial charge in [-0.25, -0.2) is 26.5 Å². The van der Waals surface area contributed by atoms with Crippen molar-refractivity contribution in [1.29, 1.82) is 0 Å². The van der Waals surface area contributed by atoms with Gasteiger partial charge in [-0.15, -0.1) is 23.1 Å². The second kappa shape index (κ2) is 34.5. The summed E-state index contributed by atoms with van der Waals surface area (Å²) in [4.78, 5) is 82.9. The second-order valence-electron chi connectivity index (χ2n) is 31.6. The largest absolute Gasteiger partial charge is 0.501 e. The van der Waals surface area contributed by atoms with E-state index in [9.17, 15) is 59.1 Å². The Balaban J connectivity index is 0.637. The molecule has 6 aromatic rings. The molecule has 1 unspecified atom stereocenters. The van der Waals surface area contributed by atoms with Gasteiger partial charge in [-0.1, -0.05) is 113 Å². The zero-order valence-corrected chi connectivity index (χ0v) is 66.5. The fraction of sp³-hybridized carbons (Fsp3) is 0.500. The first-order valence-electron chi connectivity index (χ1n) is 37.2. The van der Waals surface area contributed by atoms with Crippen molar-refractivity contribution in [3.8, 4) is 10.4 Å². The van der Waals surface area contributed by atoms with Crippen LogP contribution in [0, 0.1) is 23.2 Å². The number of amides is 5. The number of thiazole rings is 1. The lowest BCUT2D eigenvalue weighted by molar-refractivity contribution is -0.144. The van der Waals surface area contributed by atoms with Crippen LogP contribution in [0.15, 0.2) is 147 Å². The fourth-order valence-electron chi connectivity index (χ4n) is 15.3. The molecule has 5 N–H and O–H groups in total. The first-order valence-corrected chi connectivity index (χ1v) is 42.4. The smallest absolute Gasteiger partial charge is 0.391 e. The van der Waals surface area contributed by atoms with Gasteiger partial charge in [0.1, 0.15) is 17.0 Å². The molecule has 1 aliphatic carbocycles. The standard InChI is InChI=1S/C80H100ClF3N10O10S4/c1-53(55-18-20-57(21-19-55)72-54(2)85-52-106-72)86-75(99)68-44-63(95)48-94(68)76(100)73(77(3,4)5)88-70(96)16-12-9-13-17-71(97)92-42-40-90(41-43-92)37-33-61(49-105-64-14-10-8-11-15-64)87-67-31-30-65(45-69(67)107(101,102)80(82,83)84)108(103,104)89-74(98)58-24-28-62(29-25-58)93-50-79(51-93)35-38-91(39-36-79)47-59-46-78(6,7)34-32-66(59)56-22-26-60(81)27-23-56/h8,10-11,14-15,18-31,45,52-53,61,63,68,73,87,95H,9,12-13,16-17,32-44,46-51H2,1-7H3,(H,86,99)(H,88,96)(H,89,98)/t53-,61+,63+,68?,73+/m0/s1. The minimum Gasteiger partial charge on any atom is -0.391 e. The molecule has 5 aliphatic rings. The number of nitrogens with one attached hydrogen (secondary N) is 4. The number of likely N-dealkylation sites (tertiary alicyclic amines) is 2. The summed E-state index contributed by atoms with van der Waals surface area (Å²) in [6.45, 7) is 20.6. The molecular weight excluding hydrogens is 1480 g/mol. The molecule has 0 saturated carbocycles. The summed E-state index contributed by atoms with van der Waals surface area (Å²) < 4.78 is 101. The van der Waals surface area contributed by atoms with Crippen molar-refractivity contribution in [2.75, 3.05) is 88.0 Å². The molecule has 5 atom stereocenters. The molecule has 1 spiro atoms. The third-order valence-corrected chi connectivity index (χ3v) is 27.0. The van der Waals surface area contributed by atoms with E-state index in [2.05, 4.69) is 61.6 Å². The minimum atomic E-state index is -6.18. The Morgan fingerprint density at radius 3 is 2.10 bits per heavy atom. The van der Waals surface area contributed by atoms with Crippen molar-refractivity contribution in [1.82, 2.24) is 39.9 Å². The molecule has 5 amide bonds. The molecule has 20 nitrogen and oxygen atoms in total. The molecule has 0 radical (unpaired) electrons. The quantitative estimate of drug-likeness (QED) is 0.0226. The average Bonchev–Trinajstić information content (AvgIpc) is 0.937. The first kappa shape index (κ1) is 81.6. The second-order valence-corrected chi connectivity index (χ2v) is 37.5. The van der Waals surface area contributed by atoms with E-state index in [1.165, 1.54) is 45.5 Å². The Morgan fingerprint density at radius 1 is 0.787 bits per heavy atom. The van der Waals surface area contributed by atoms with Gasteiger partial charge in [0, 0.05) is 117 Å².